The van der Waals surface area contributed by atoms with Crippen molar-refractivity contribution in [3.63, 3.8) is 0 Å². The van der Waals surface area contributed by atoms with Crippen molar-refractivity contribution in [3.05, 3.63) is 16.1 Å². The zero-order valence-electron chi connectivity index (χ0n) is 10.7. The second kappa shape index (κ2) is 3.81. The van der Waals surface area contributed by atoms with E-state index in [4.69, 9.17) is 10.7 Å². The highest BCUT2D eigenvalue weighted by Crippen LogP contribution is 2.41. The Labute approximate surface area is 102 Å². The molecule has 2 nitrogen and oxygen atoms in total. The second-order valence-corrected chi connectivity index (χ2v) is 7.15. The number of hydrogen-bond acceptors (Lipinski definition) is 3. The molecule has 2 atom stereocenters. The minimum Gasteiger partial charge on any atom is -0.319 e. The number of aromatic nitrogens is 1. The van der Waals surface area contributed by atoms with Gasteiger partial charge in [0.25, 0.3) is 0 Å². The van der Waals surface area contributed by atoms with Crippen LogP contribution in [0.25, 0.3) is 0 Å². The second-order valence-electron chi connectivity index (χ2n) is 6.29. The highest BCUT2D eigenvalue weighted by atomic mass is 32.1. The first kappa shape index (κ1) is 12.1. The smallest absolute Gasteiger partial charge is 0.113 e. The van der Waals surface area contributed by atoms with Crippen LogP contribution in [0.1, 0.15) is 57.7 Å². The van der Waals surface area contributed by atoms with Crippen LogP contribution in [0.4, 0.5) is 0 Å². The summed E-state index contributed by atoms with van der Waals surface area (Å²) in [7, 11) is 0. The molecule has 2 N–H and O–H groups in total. The van der Waals surface area contributed by atoms with Crippen molar-refractivity contribution < 1.29 is 0 Å². The number of nitrogens with two attached hydrogens (primary N) is 1. The molecule has 0 saturated heterocycles. The van der Waals surface area contributed by atoms with E-state index in [2.05, 4.69) is 33.1 Å². The molecule has 0 bridgehead atoms. The summed E-state index contributed by atoms with van der Waals surface area (Å²) in [6.45, 7) is 8.89. The fourth-order valence-electron chi connectivity index (χ4n) is 2.37. The molecule has 16 heavy (non-hydrogen) atoms. The molecule has 0 radical (unpaired) electrons. The maximum absolute atomic E-state index is 6.48. The molecule has 0 aliphatic heterocycles. The molecule has 1 aromatic heterocycles. The Morgan fingerprint density at radius 1 is 1.50 bits per heavy atom. The fraction of sp³-hybridized carbons (Fsp3) is 0.769. The largest absolute Gasteiger partial charge is 0.319 e. The average Bonchev–Trinajstić information content (AvgIpc) is 2.71. The molecule has 1 saturated carbocycles. The van der Waals surface area contributed by atoms with Gasteiger partial charge in [-0.2, -0.15) is 0 Å². The number of rotatable bonds is 1. The molecule has 0 aromatic carbocycles. The van der Waals surface area contributed by atoms with E-state index in [0.29, 0.717) is 0 Å². The van der Waals surface area contributed by atoms with Gasteiger partial charge in [-0.1, -0.05) is 27.7 Å². The van der Waals surface area contributed by atoms with Crippen LogP contribution in [0.15, 0.2) is 5.38 Å². The number of hydrogen-bond donors (Lipinski definition) is 1. The van der Waals surface area contributed by atoms with Gasteiger partial charge in [0, 0.05) is 10.8 Å². The third kappa shape index (κ3) is 2.16. The Hall–Kier alpha value is -0.410. The summed E-state index contributed by atoms with van der Waals surface area (Å²) in [5.41, 5.74) is 7.64. The van der Waals surface area contributed by atoms with E-state index in [9.17, 15) is 0 Å². The molecule has 2 unspecified atom stereocenters. The molecule has 3 heteroatoms. The van der Waals surface area contributed by atoms with E-state index >= 15 is 0 Å². The Bertz CT molecular complexity index is 378. The standard InChI is InChI=1S/C13H22N2S/c1-9-5-6-13(14,7-9)11-15-10(8-16-11)12(2,3)4/h8-9H,5-7,14H2,1-4H3. The van der Waals surface area contributed by atoms with Gasteiger partial charge in [0.15, 0.2) is 0 Å². The van der Waals surface area contributed by atoms with Crippen molar-refractivity contribution in [1.29, 1.82) is 0 Å². The molecule has 0 spiro atoms. The predicted octanol–water partition coefficient (Wildman–Crippen LogP) is 3.41. The Morgan fingerprint density at radius 2 is 2.19 bits per heavy atom. The molecule has 1 heterocycles. The van der Waals surface area contributed by atoms with Crippen molar-refractivity contribution in [2.24, 2.45) is 11.7 Å². The van der Waals surface area contributed by atoms with Crippen LogP contribution in [0.5, 0.6) is 0 Å². The van der Waals surface area contributed by atoms with Crippen LogP contribution in [0.3, 0.4) is 0 Å². The van der Waals surface area contributed by atoms with Crippen LogP contribution < -0.4 is 5.73 Å². The first-order valence-corrected chi connectivity index (χ1v) is 6.94. The van der Waals surface area contributed by atoms with Gasteiger partial charge in [-0.15, -0.1) is 11.3 Å². The first-order chi connectivity index (χ1) is 7.31. The summed E-state index contributed by atoms with van der Waals surface area (Å²) < 4.78 is 0. The van der Waals surface area contributed by atoms with E-state index in [1.54, 1.807) is 11.3 Å². The predicted molar refractivity (Wildman–Crippen MR) is 69.7 cm³/mol. The summed E-state index contributed by atoms with van der Waals surface area (Å²) in [6.07, 6.45) is 3.41. The molecule has 0 amide bonds. The Morgan fingerprint density at radius 3 is 2.62 bits per heavy atom. The van der Waals surface area contributed by atoms with E-state index < -0.39 is 0 Å². The molecular formula is C13H22N2S. The normalized spacial score (nSPS) is 30.9. The Balaban J connectivity index is 2.25. The average molecular weight is 238 g/mol. The first-order valence-electron chi connectivity index (χ1n) is 6.07. The van der Waals surface area contributed by atoms with Gasteiger partial charge in [0.2, 0.25) is 0 Å². The van der Waals surface area contributed by atoms with Gasteiger partial charge in [-0.05, 0) is 25.2 Å². The molecule has 2 rings (SSSR count). The highest BCUT2D eigenvalue weighted by Gasteiger charge is 2.38. The van der Waals surface area contributed by atoms with Gasteiger partial charge in [-0.25, -0.2) is 4.98 Å². The summed E-state index contributed by atoms with van der Waals surface area (Å²) >= 11 is 1.74. The zero-order valence-corrected chi connectivity index (χ0v) is 11.5. The quantitative estimate of drug-likeness (QED) is 0.814. The lowest BCUT2D eigenvalue weighted by atomic mass is 9.93. The number of nitrogens with zero attached hydrogens (tertiary/aromatic N) is 1. The van der Waals surface area contributed by atoms with Gasteiger partial charge in [0.05, 0.1) is 11.2 Å². The van der Waals surface area contributed by atoms with E-state index in [-0.39, 0.29) is 11.0 Å². The lowest BCUT2D eigenvalue weighted by Crippen LogP contribution is -2.33. The van der Waals surface area contributed by atoms with E-state index in [1.165, 1.54) is 12.1 Å². The molecule has 90 valence electrons. The Kier molecular flexibility index (Phi) is 2.87. The molecule has 1 aliphatic rings. The van der Waals surface area contributed by atoms with Crippen molar-refractivity contribution in [2.75, 3.05) is 0 Å². The molecular weight excluding hydrogens is 216 g/mol. The van der Waals surface area contributed by atoms with Gasteiger partial charge >= 0.3 is 0 Å². The van der Waals surface area contributed by atoms with Gasteiger partial charge in [0.1, 0.15) is 5.01 Å². The minimum absolute atomic E-state index is 0.134. The maximum atomic E-state index is 6.48. The summed E-state index contributed by atoms with van der Waals surface area (Å²) in [5.74, 6) is 0.743. The zero-order chi connectivity index (χ0) is 12.0. The summed E-state index contributed by atoms with van der Waals surface area (Å²) in [5, 5.41) is 3.31. The molecule has 1 aliphatic carbocycles. The lowest BCUT2D eigenvalue weighted by Gasteiger charge is -2.21. The third-order valence-electron chi connectivity index (χ3n) is 3.49. The van der Waals surface area contributed by atoms with Gasteiger partial charge in [-0.3, -0.25) is 0 Å². The third-order valence-corrected chi connectivity index (χ3v) is 4.56. The van der Waals surface area contributed by atoms with Crippen LogP contribution in [-0.2, 0) is 11.0 Å². The fourth-order valence-corrected chi connectivity index (χ4v) is 3.57. The monoisotopic (exact) mass is 238 g/mol. The van der Waals surface area contributed by atoms with Gasteiger partial charge < -0.3 is 5.73 Å². The van der Waals surface area contributed by atoms with Crippen LogP contribution in [0.2, 0.25) is 0 Å². The topological polar surface area (TPSA) is 38.9 Å². The number of thiazole rings is 1. The minimum atomic E-state index is -0.145. The lowest BCUT2D eigenvalue weighted by molar-refractivity contribution is 0.434. The van der Waals surface area contributed by atoms with Crippen molar-refractivity contribution >= 4 is 11.3 Å². The van der Waals surface area contributed by atoms with Crippen LogP contribution in [0, 0.1) is 5.92 Å². The summed E-state index contributed by atoms with van der Waals surface area (Å²) in [6, 6.07) is 0. The highest BCUT2D eigenvalue weighted by molar-refractivity contribution is 7.09. The van der Waals surface area contributed by atoms with Crippen molar-refractivity contribution in [2.45, 2.75) is 57.9 Å². The molecule has 1 fully saturated rings. The molecule has 1 aromatic rings. The van der Waals surface area contributed by atoms with Crippen molar-refractivity contribution in [3.8, 4) is 0 Å². The van der Waals surface area contributed by atoms with E-state index in [1.807, 2.05) is 0 Å². The van der Waals surface area contributed by atoms with E-state index in [0.717, 1.165) is 23.8 Å². The SMILES string of the molecule is CC1CCC(N)(c2nc(C(C)(C)C)cs2)C1. The summed E-state index contributed by atoms with van der Waals surface area (Å²) in [4.78, 5) is 4.76. The maximum Gasteiger partial charge on any atom is 0.113 e. The van der Waals surface area contributed by atoms with Crippen LogP contribution in [-0.4, -0.2) is 4.98 Å². The van der Waals surface area contributed by atoms with Crippen LogP contribution >= 0.6 is 11.3 Å². The van der Waals surface area contributed by atoms with Crippen molar-refractivity contribution in [1.82, 2.24) is 4.98 Å².